The van der Waals surface area contributed by atoms with Gasteiger partial charge >= 0.3 is 0 Å². The van der Waals surface area contributed by atoms with Crippen LogP contribution >= 0.6 is 0 Å². The number of methoxy groups -OCH3 is 1. The molecule has 4 aromatic rings. The summed E-state index contributed by atoms with van der Waals surface area (Å²) in [5.74, 6) is -1.66. The maximum absolute atomic E-state index is 13.3. The van der Waals surface area contributed by atoms with E-state index in [1.54, 1.807) is 42.5 Å². The minimum absolute atomic E-state index is 0.0227. The van der Waals surface area contributed by atoms with Crippen LogP contribution in [0.1, 0.15) is 51.4 Å². The second kappa shape index (κ2) is 14.1. The number of aliphatic hydroxyl groups is 1. The molecule has 0 spiro atoms. The third-order valence-electron chi connectivity index (χ3n) is 6.98. The van der Waals surface area contributed by atoms with E-state index in [2.05, 4.69) is 0 Å². The highest BCUT2D eigenvalue weighted by atomic mass is 16.5. The normalized spacial score (nSPS) is 12.9. The molecule has 216 valence electrons. The summed E-state index contributed by atoms with van der Waals surface area (Å²) in [6.07, 6.45) is 7.23. The first kappa shape index (κ1) is 30.0. The van der Waals surface area contributed by atoms with Gasteiger partial charge in [-0.05, 0) is 66.3 Å². The van der Waals surface area contributed by atoms with Gasteiger partial charge in [-0.25, -0.2) is 0 Å². The number of benzene rings is 4. The second-order valence-corrected chi connectivity index (χ2v) is 9.94. The maximum atomic E-state index is 13.3. The van der Waals surface area contributed by atoms with Crippen molar-refractivity contribution in [1.29, 1.82) is 0 Å². The first-order chi connectivity index (χ1) is 20.3. The number of phenolic OH excluding ortho intramolecular Hbond substituents is 4. The Balaban J connectivity index is 1.64. The lowest BCUT2D eigenvalue weighted by atomic mass is 9.86. The summed E-state index contributed by atoms with van der Waals surface area (Å²) in [5, 5.41) is 52.4. The lowest BCUT2D eigenvalue weighted by Crippen LogP contribution is -2.08. The number of allylic oxidation sites excluding steroid dienone is 2. The Morgan fingerprint density at radius 2 is 1.52 bits per heavy atom. The van der Waals surface area contributed by atoms with Crippen LogP contribution in [0.5, 0.6) is 28.7 Å². The van der Waals surface area contributed by atoms with E-state index < -0.39 is 23.6 Å². The van der Waals surface area contributed by atoms with Gasteiger partial charge in [-0.3, -0.25) is 4.79 Å². The summed E-state index contributed by atoms with van der Waals surface area (Å²) in [5.41, 5.74) is 2.43. The number of carbonyl (C=O) groups is 1. The minimum Gasteiger partial charge on any atom is -0.508 e. The molecule has 0 aromatic heterocycles. The van der Waals surface area contributed by atoms with Crippen molar-refractivity contribution in [2.24, 2.45) is 0 Å². The van der Waals surface area contributed by atoms with Crippen molar-refractivity contribution >= 4 is 11.9 Å². The van der Waals surface area contributed by atoms with Crippen molar-refractivity contribution in [3.05, 3.63) is 131 Å². The summed E-state index contributed by atoms with van der Waals surface area (Å²) >= 11 is 0. The van der Waals surface area contributed by atoms with Crippen LogP contribution in [-0.4, -0.2) is 44.5 Å². The zero-order valence-electron chi connectivity index (χ0n) is 23.2. The predicted octanol–water partition coefficient (Wildman–Crippen LogP) is 6.49. The van der Waals surface area contributed by atoms with Crippen molar-refractivity contribution in [1.82, 2.24) is 0 Å². The number of phenols is 4. The summed E-state index contributed by atoms with van der Waals surface area (Å²) in [6.45, 7) is 0. The summed E-state index contributed by atoms with van der Waals surface area (Å²) in [6, 6.07) is 23.7. The van der Waals surface area contributed by atoms with Crippen LogP contribution in [0.4, 0.5) is 0 Å². The molecule has 7 heteroatoms. The molecule has 0 aliphatic carbocycles. The molecule has 0 saturated carbocycles. The fourth-order valence-electron chi connectivity index (χ4n) is 4.71. The molecule has 0 aliphatic rings. The molecular weight excluding hydrogens is 532 g/mol. The second-order valence-electron chi connectivity index (χ2n) is 9.94. The largest absolute Gasteiger partial charge is 0.508 e. The molecule has 0 saturated heterocycles. The van der Waals surface area contributed by atoms with Gasteiger partial charge in [0.25, 0.3) is 0 Å². The molecular formula is C35H34O7. The van der Waals surface area contributed by atoms with Crippen LogP contribution in [0, 0.1) is 0 Å². The first-order valence-electron chi connectivity index (χ1n) is 13.6. The third-order valence-corrected chi connectivity index (χ3v) is 6.98. The van der Waals surface area contributed by atoms with Gasteiger partial charge < -0.3 is 30.3 Å². The summed E-state index contributed by atoms with van der Waals surface area (Å²) in [7, 11) is 1.35. The zero-order valence-corrected chi connectivity index (χ0v) is 23.2. The molecule has 42 heavy (non-hydrogen) atoms. The molecule has 0 fully saturated rings. The Hall–Kier alpha value is -5.01. The monoisotopic (exact) mass is 566 g/mol. The van der Waals surface area contributed by atoms with E-state index in [1.807, 2.05) is 42.5 Å². The van der Waals surface area contributed by atoms with Gasteiger partial charge in [-0.1, -0.05) is 72.8 Å². The average molecular weight is 567 g/mol. The number of aromatic hydroxyl groups is 4. The van der Waals surface area contributed by atoms with E-state index in [9.17, 15) is 30.3 Å². The van der Waals surface area contributed by atoms with Gasteiger partial charge in [0.1, 0.15) is 34.3 Å². The first-order valence-corrected chi connectivity index (χ1v) is 13.6. The maximum Gasteiger partial charge on any atom is 0.193 e. The number of aryl methyl sites for hydroxylation is 1. The quantitative estimate of drug-likeness (QED) is 0.0754. The summed E-state index contributed by atoms with van der Waals surface area (Å²) in [4.78, 5) is 13.3. The molecule has 4 rings (SSSR count). The van der Waals surface area contributed by atoms with Crippen LogP contribution in [0.15, 0.2) is 103 Å². The van der Waals surface area contributed by atoms with Gasteiger partial charge in [0.05, 0.1) is 13.2 Å². The third kappa shape index (κ3) is 7.59. The van der Waals surface area contributed by atoms with Crippen LogP contribution < -0.4 is 4.74 Å². The van der Waals surface area contributed by atoms with E-state index in [4.69, 9.17) is 4.74 Å². The molecule has 0 unspecified atom stereocenters. The number of carbonyl (C=O) groups excluding carboxylic acids is 1. The number of ketones is 1. The van der Waals surface area contributed by atoms with Crippen molar-refractivity contribution in [3.8, 4) is 28.7 Å². The van der Waals surface area contributed by atoms with Gasteiger partial charge in [0.15, 0.2) is 5.78 Å². The average Bonchev–Trinajstić information content (AvgIpc) is 2.99. The van der Waals surface area contributed by atoms with E-state index >= 15 is 0 Å². The standard InChI is InChI=1S/C35H34O7/c1-42-32-22-31(40)33(35(41)34(32)30(39)21-13-23-6-3-2-4-7-23)29(25-14-19-28(38)20-15-25)9-5-8-26(36)16-10-24-11-17-27(37)18-12-24/h2-7,9,11-15,17-22,26,29,36-38,40-41H,8,10,16H2,1H3/b9-5+,21-13+/t26-,29-/m1/s1. The highest BCUT2D eigenvalue weighted by molar-refractivity contribution is 6.11. The van der Waals surface area contributed by atoms with Gasteiger partial charge in [-0.15, -0.1) is 0 Å². The van der Waals surface area contributed by atoms with E-state index in [0.717, 1.165) is 11.1 Å². The molecule has 4 aromatic carbocycles. The van der Waals surface area contributed by atoms with Crippen molar-refractivity contribution in [3.63, 3.8) is 0 Å². The Kier molecular flexibility index (Phi) is 10.0. The van der Waals surface area contributed by atoms with E-state index in [1.165, 1.54) is 31.4 Å². The van der Waals surface area contributed by atoms with Gasteiger partial charge in [0, 0.05) is 17.5 Å². The fraction of sp³-hybridized carbons (Fsp3) is 0.171. The number of aliphatic hydroxyl groups excluding tert-OH is 1. The molecule has 0 heterocycles. The number of hydrogen-bond donors (Lipinski definition) is 5. The Morgan fingerprint density at radius 3 is 2.17 bits per heavy atom. The van der Waals surface area contributed by atoms with Crippen LogP contribution in [0.25, 0.3) is 6.08 Å². The number of rotatable bonds is 12. The van der Waals surface area contributed by atoms with Crippen LogP contribution in [0.3, 0.4) is 0 Å². The molecule has 5 N–H and O–H groups in total. The van der Waals surface area contributed by atoms with Gasteiger partial charge in [0.2, 0.25) is 0 Å². The lowest BCUT2D eigenvalue weighted by Gasteiger charge is -2.20. The van der Waals surface area contributed by atoms with Crippen molar-refractivity contribution in [2.75, 3.05) is 7.11 Å². The van der Waals surface area contributed by atoms with Crippen LogP contribution in [0.2, 0.25) is 0 Å². The SMILES string of the molecule is COc1cc(O)c([C@H](/C=C/C[C@@H](O)CCc2ccc(O)cc2)c2ccc(O)cc2)c(O)c1C(=O)/C=C/c1ccccc1. The lowest BCUT2D eigenvalue weighted by molar-refractivity contribution is 0.104. The van der Waals surface area contributed by atoms with Crippen LogP contribution in [-0.2, 0) is 6.42 Å². The fourth-order valence-corrected chi connectivity index (χ4v) is 4.71. The highest BCUT2D eigenvalue weighted by Gasteiger charge is 2.27. The van der Waals surface area contributed by atoms with E-state index in [-0.39, 0.29) is 34.1 Å². The smallest absolute Gasteiger partial charge is 0.193 e. The molecule has 0 radical (unpaired) electrons. The number of hydrogen-bond acceptors (Lipinski definition) is 7. The molecule has 7 nitrogen and oxygen atoms in total. The Bertz CT molecular complexity index is 1540. The van der Waals surface area contributed by atoms with Crippen molar-refractivity contribution < 1.29 is 35.1 Å². The zero-order chi connectivity index (χ0) is 30.1. The molecule has 2 atom stereocenters. The Labute approximate surface area is 244 Å². The molecule has 0 bridgehead atoms. The topological polar surface area (TPSA) is 127 Å². The number of ether oxygens (including phenoxy) is 1. The molecule has 0 aliphatic heterocycles. The minimum atomic E-state index is -0.717. The van der Waals surface area contributed by atoms with Crippen molar-refractivity contribution in [2.45, 2.75) is 31.3 Å². The predicted molar refractivity (Wildman–Crippen MR) is 162 cm³/mol. The van der Waals surface area contributed by atoms with Gasteiger partial charge in [-0.2, -0.15) is 0 Å². The molecule has 0 amide bonds. The summed E-state index contributed by atoms with van der Waals surface area (Å²) < 4.78 is 5.35. The highest BCUT2D eigenvalue weighted by Crippen LogP contribution is 2.45. The van der Waals surface area contributed by atoms with E-state index in [0.29, 0.717) is 24.8 Å². The Morgan fingerprint density at radius 1 is 0.881 bits per heavy atom.